The van der Waals surface area contributed by atoms with Crippen LogP contribution in [0.5, 0.6) is 0 Å². The molecule has 0 amide bonds. The Labute approximate surface area is 122 Å². The van der Waals surface area contributed by atoms with Crippen LogP contribution in [-0.2, 0) is 10.5 Å². The minimum absolute atomic E-state index is 0.287. The number of nitrogens with zero attached hydrogens (tertiary/aromatic N) is 1. The maximum atomic E-state index is 11.7. The summed E-state index contributed by atoms with van der Waals surface area (Å²) in [4.78, 5) is 15.9. The third kappa shape index (κ3) is 3.99. The first kappa shape index (κ1) is 14.4. The van der Waals surface area contributed by atoms with Gasteiger partial charge in [-0.15, -0.1) is 11.8 Å². The van der Waals surface area contributed by atoms with Crippen molar-refractivity contribution in [3.8, 4) is 0 Å². The molecule has 0 bridgehead atoms. The average molecular weight is 288 g/mol. The standard InChI is InChI=1S/C15H16N2O2S/c1-2-19-15(18)12-5-3-4-11(8-12)10-20-14-7-6-13(16)9-17-14/h3-9H,2,10,16H2,1H3. The van der Waals surface area contributed by atoms with Crippen molar-refractivity contribution in [2.45, 2.75) is 17.7 Å². The van der Waals surface area contributed by atoms with E-state index in [1.54, 1.807) is 30.9 Å². The summed E-state index contributed by atoms with van der Waals surface area (Å²) in [6.07, 6.45) is 1.64. The van der Waals surface area contributed by atoms with E-state index in [2.05, 4.69) is 4.98 Å². The monoisotopic (exact) mass is 288 g/mol. The number of benzene rings is 1. The zero-order chi connectivity index (χ0) is 14.4. The van der Waals surface area contributed by atoms with Gasteiger partial charge in [-0.3, -0.25) is 0 Å². The SMILES string of the molecule is CCOC(=O)c1cccc(CSc2ccc(N)cn2)c1. The second-order valence-corrected chi connectivity index (χ2v) is 5.13. The number of aromatic nitrogens is 1. The van der Waals surface area contributed by atoms with Crippen molar-refractivity contribution < 1.29 is 9.53 Å². The molecule has 0 spiro atoms. The van der Waals surface area contributed by atoms with Gasteiger partial charge in [0.2, 0.25) is 0 Å². The number of hydrogen-bond donors (Lipinski definition) is 1. The van der Waals surface area contributed by atoms with Crippen LogP contribution in [0.25, 0.3) is 0 Å². The van der Waals surface area contributed by atoms with Crippen molar-refractivity contribution in [1.29, 1.82) is 0 Å². The van der Waals surface area contributed by atoms with E-state index < -0.39 is 0 Å². The van der Waals surface area contributed by atoms with Crippen molar-refractivity contribution in [2.24, 2.45) is 0 Å². The number of hydrogen-bond acceptors (Lipinski definition) is 5. The van der Waals surface area contributed by atoms with Crippen molar-refractivity contribution in [1.82, 2.24) is 4.98 Å². The van der Waals surface area contributed by atoms with E-state index in [9.17, 15) is 4.79 Å². The first-order valence-corrected chi connectivity index (χ1v) is 7.28. The largest absolute Gasteiger partial charge is 0.462 e. The summed E-state index contributed by atoms with van der Waals surface area (Å²) in [6, 6.07) is 11.2. The zero-order valence-electron chi connectivity index (χ0n) is 11.2. The summed E-state index contributed by atoms with van der Waals surface area (Å²) < 4.78 is 4.99. The highest BCUT2D eigenvalue weighted by molar-refractivity contribution is 7.98. The molecule has 0 saturated heterocycles. The molecule has 2 N–H and O–H groups in total. The van der Waals surface area contributed by atoms with Crippen LogP contribution >= 0.6 is 11.8 Å². The van der Waals surface area contributed by atoms with Crippen LogP contribution in [0.15, 0.2) is 47.6 Å². The van der Waals surface area contributed by atoms with E-state index in [-0.39, 0.29) is 5.97 Å². The molecule has 2 rings (SSSR count). The molecule has 1 aromatic carbocycles. The van der Waals surface area contributed by atoms with Crippen LogP contribution < -0.4 is 5.73 Å². The summed E-state index contributed by atoms with van der Waals surface area (Å²) in [5.41, 5.74) is 7.88. The van der Waals surface area contributed by atoms with Crippen LogP contribution in [0.3, 0.4) is 0 Å². The smallest absolute Gasteiger partial charge is 0.338 e. The normalized spacial score (nSPS) is 10.2. The quantitative estimate of drug-likeness (QED) is 0.676. The van der Waals surface area contributed by atoms with Gasteiger partial charge < -0.3 is 10.5 Å². The highest BCUT2D eigenvalue weighted by Gasteiger charge is 2.07. The molecule has 1 aromatic heterocycles. The minimum Gasteiger partial charge on any atom is -0.462 e. The second kappa shape index (κ2) is 6.96. The summed E-state index contributed by atoms with van der Waals surface area (Å²) in [5, 5.41) is 0.903. The molecule has 0 atom stereocenters. The van der Waals surface area contributed by atoms with Gasteiger partial charge in [0.1, 0.15) is 0 Å². The molecule has 0 fully saturated rings. The molecule has 0 aliphatic rings. The maximum absolute atomic E-state index is 11.7. The Bertz CT molecular complexity index is 585. The van der Waals surface area contributed by atoms with Crippen LogP contribution in [0, 0.1) is 0 Å². The van der Waals surface area contributed by atoms with E-state index in [1.807, 2.05) is 30.3 Å². The molecule has 0 radical (unpaired) electrons. The molecular weight excluding hydrogens is 272 g/mol. The Morgan fingerprint density at radius 3 is 2.90 bits per heavy atom. The number of anilines is 1. The maximum Gasteiger partial charge on any atom is 0.338 e. The lowest BCUT2D eigenvalue weighted by molar-refractivity contribution is 0.0526. The molecule has 0 unspecified atom stereocenters. The number of carbonyl (C=O) groups is 1. The number of rotatable bonds is 5. The number of carbonyl (C=O) groups excluding carboxylic acids is 1. The lowest BCUT2D eigenvalue weighted by Gasteiger charge is -2.05. The number of pyridine rings is 1. The summed E-state index contributed by atoms with van der Waals surface area (Å²) in [5.74, 6) is 0.453. The van der Waals surface area contributed by atoms with Crippen molar-refractivity contribution in [2.75, 3.05) is 12.3 Å². The lowest BCUT2D eigenvalue weighted by Crippen LogP contribution is -2.04. The Morgan fingerprint density at radius 2 is 2.20 bits per heavy atom. The van der Waals surface area contributed by atoms with Gasteiger partial charge in [-0.2, -0.15) is 0 Å². The molecule has 4 nitrogen and oxygen atoms in total. The zero-order valence-corrected chi connectivity index (χ0v) is 12.0. The van der Waals surface area contributed by atoms with Gasteiger partial charge in [-0.1, -0.05) is 12.1 Å². The number of nitrogens with two attached hydrogens (primary N) is 1. The Kier molecular flexibility index (Phi) is 5.01. The van der Waals surface area contributed by atoms with Crippen LogP contribution in [0.2, 0.25) is 0 Å². The predicted octanol–water partition coefficient (Wildman–Crippen LogP) is 3.13. The topological polar surface area (TPSA) is 65.2 Å². The molecule has 2 aromatic rings. The number of ether oxygens (including phenoxy) is 1. The van der Waals surface area contributed by atoms with Gasteiger partial charge in [0, 0.05) is 5.75 Å². The van der Waals surface area contributed by atoms with Crippen LogP contribution in [0.4, 0.5) is 5.69 Å². The average Bonchev–Trinajstić information content (AvgIpc) is 2.47. The molecule has 20 heavy (non-hydrogen) atoms. The molecule has 104 valence electrons. The van der Waals surface area contributed by atoms with Crippen LogP contribution in [0.1, 0.15) is 22.8 Å². The third-order valence-electron chi connectivity index (χ3n) is 2.58. The van der Waals surface area contributed by atoms with Gasteiger partial charge in [0.15, 0.2) is 0 Å². The molecule has 5 heteroatoms. The lowest BCUT2D eigenvalue weighted by atomic mass is 10.1. The Balaban J connectivity index is 2.01. The second-order valence-electron chi connectivity index (χ2n) is 4.14. The van der Waals surface area contributed by atoms with Gasteiger partial charge in [-0.25, -0.2) is 9.78 Å². The van der Waals surface area contributed by atoms with Crippen molar-refractivity contribution in [3.05, 3.63) is 53.7 Å². The predicted molar refractivity (Wildman–Crippen MR) is 80.6 cm³/mol. The molecule has 0 saturated carbocycles. The molecule has 1 heterocycles. The fourth-order valence-corrected chi connectivity index (χ4v) is 2.42. The molecule has 0 aliphatic heterocycles. The number of esters is 1. The van der Waals surface area contributed by atoms with E-state index in [4.69, 9.17) is 10.5 Å². The van der Waals surface area contributed by atoms with Gasteiger partial charge in [0.05, 0.1) is 29.1 Å². The fraction of sp³-hybridized carbons (Fsp3) is 0.200. The third-order valence-corrected chi connectivity index (χ3v) is 3.60. The summed E-state index contributed by atoms with van der Waals surface area (Å²) in [7, 11) is 0. The summed E-state index contributed by atoms with van der Waals surface area (Å²) in [6.45, 7) is 2.18. The Morgan fingerprint density at radius 1 is 1.35 bits per heavy atom. The van der Waals surface area contributed by atoms with E-state index in [0.29, 0.717) is 17.9 Å². The molecular formula is C15H16N2O2S. The van der Waals surface area contributed by atoms with E-state index in [1.165, 1.54) is 0 Å². The fourth-order valence-electron chi connectivity index (χ4n) is 1.64. The highest BCUT2D eigenvalue weighted by atomic mass is 32.2. The van der Waals surface area contributed by atoms with Gasteiger partial charge in [0.25, 0.3) is 0 Å². The minimum atomic E-state index is -0.287. The van der Waals surface area contributed by atoms with E-state index in [0.717, 1.165) is 16.3 Å². The summed E-state index contributed by atoms with van der Waals surface area (Å²) >= 11 is 1.60. The van der Waals surface area contributed by atoms with Crippen molar-refractivity contribution >= 4 is 23.4 Å². The van der Waals surface area contributed by atoms with Gasteiger partial charge >= 0.3 is 5.97 Å². The van der Waals surface area contributed by atoms with E-state index >= 15 is 0 Å². The first-order valence-electron chi connectivity index (χ1n) is 6.29. The Hall–Kier alpha value is -2.01. The van der Waals surface area contributed by atoms with Crippen molar-refractivity contribution in [3.63, 3.8) is 0 Å². The first-order chi connectivity index (χ1) is 9.69. The number of thioether (sulfide) groups is 1. The van der Waals surface area contributed by atoms with Crippen LogP contribution in [-0.4, -0.2) is 17.6 Å². The highest BCUT2D eigenvalue weighted by Crippen LogP contribution is 2.21. The number of nitrogen functional groups attached to an aromatic ring is 1. The van der Waals surface area contributed by atoms with Gasteiger partial charge in [-0.05, 0) is 36.8 Å². The molecule has 0 aliphatic carbocycles.